The van der Waals surface area contributed by atoms with E-state index in [1.807, 2.05) is 6.08 Å². The second-order valence-corrected chi connectivity index (χ2v) is 2.81. The van der Waals surface area contributed by atoms with Gasteiger partial charge in [0.2, 0.25) is 0 Å². The Hall–Kier alpha value is -1.04. The molecule has 11 heavy (non-hydrogen) atoms. The summed E-state index contributed by atoms with van der Waals surface area (Å²) >= 11 is 0. The molecule has 0 fully saturated rings. The zero-order valence-corrected chi connectivity index (χ0v) is 7.22. The van der Waals surface area contributed by atoms with Gasteiger partial charge in [-0.3, -0.25) is 0 Å². The third kappa shape index (κ3) is 1.94. The van der Waals surface area contributed by atoms with Gasteiger partial charge in [-0.25, -0.2) is 0 Å². The second kappa shape index (κ2) is 3.38. The normalized spacial score (nSPS) is 9.64. The smallest absolute Gasteiger partial charge is 0.0257 e. The molecule has 0 unspecified atom stereocenters. The Morgan fingerprint density at radius 3 is 2.64 bits per heavy atom. The summed E-state index contributed by atoms with van der Waals surface area (Å²) in [6, 6.07) is 6.54. The zero-order chi connectivity index (χ0) is 8.27. The summed E-state index contributed by atoms with van der Waals surface area (Å²) in [5.74, 6) is 0. The number of benzene rings is 1. The monoisotopic (exact) mass is 146 g/mol. The summed E-state index contributed by atoms with van der Waals surface area (Å²) in [5.41, 5.74) is 3.93. The van der Waals surface area contributed by atoms with Gasteiger partial charge in [-0.05, 0) is 24.5 Å². The van der Waals surface area contributed by atoms with E-state index in [-0.39, 0.29) is 0 Å². The van der Waals surface area contributed by atoms with Crippen molar-refractivity contribution in [3.05, 3.63) is 41.5 Å². The van der Waals surface area contributed by atoms with Crippen LogP contribution in [0.25, 0.3) is 6.08 Å². The van der Waals surface area contributed by atoms with Crippen LogP contribution in [0.2, 0.25) is 0 Å². The van der Waals surface area contributed by atoms with Gasteiger partial charge in [0.05, 0.1) is 0 Å². The first-order valence-corrected chi connectivity index (χ1v) is 3.99. The molecule has 0 radical (unpaired) electrons. The van der Waals surface area contributed by atoms with Crippen LogP contribution in [0.5, 0.6) is 0 Å². The maximum Gasteiger partial charge on any atom is -0.0257 e. The lowest BCUT2D eigenvalue weighted by atomic mass is 10.1. The Morgan fingerprint density at radius 2 is 2.09 bits per heavy atom. The van der Waals surface area contributed by atoms with Crippen LogP contribution >= 0.6 is 0 Å². The van der Waals surface area contributed by atoms with E-state index in [4.69, 9.17) is 0 Å². The van der Waals surface area contributed by atoms with Gasteiger partial charge in [0.15, 0.2) is 0 Å². The van der Waals surface area contributed by atoms with E-state index in [1.165, 1.54) is 16.7 Å². The summed E-state index contributed by atoms with van der Waals surface area (Å²) < 4.78 is 0. The molecule has 1 aromatic rings. The molecule has 0 N–H and O–H groups in total. The number of hydrogen-bond donors (Lipinski definition) is 0. The van der Waals surface area contributed by atoms with Crippen molar-refractivity contribution in [1.29, 1.82) is 0 Å². The van der Waals surface area contributed by atoms with Crippen LogP contribution < -0.4 is 0 Å². The minimum Gasteiger partial charge on any atom is -0.0985 e. The van der Waals surface area contributed by atoms with Crippen molar-refractivity contribution < 1.29 is 0 Å². The molecule has 0 atom stereocenters. The third-order valence-corrected chi connectivity index (χ3v) is 1.80. The summed E-state index contributed by atoms with van der Waals surface area (Å²) in [4.78, 5) is 0. The van der Waals surface area contributed by atoms with Crippen molar-refractivity contribution in [2.45, 2.75) is 20.3 Å². The van der Waals surface area contributed by atoms with Crippen molar-refractivity contribution in [2.75, 3.05) is 0 Å². The Morgan fingerprint density at radius 1 is 1.36 bits per heavy atom. The standard InChI is InChI=1S/C11H14/c1-4-10-6-9(3)7-11(5-2)8-10/h4,6-8H,1,5H2,2-3H3. The molecule has 0 aliphatic heterocycles. The highest BCUT2D eigenvalue weighted by Gasteiger charge is 1.92. The summed E-state index contributed by atoms with van der Waals surface area (Å²) in [6.07, 6.45) is 2.99. The van der Waals surface area contributed by atoms with Gasteiger partial charge in [0.25, 0.3) is 0 Å². The highest BCUT2D eigenvalue weighted by molar-refractivity contribution is 5.49. The largest absolute Gasteiger partial charge is 0.0985 e. The summed E-state index contributed by atoms with van der Waals surface area (Å²) in [5, 5.41) is 0. The topological polar surface area (TPSA) is 0 Å². The molecular weight excluding hydrogens is 132 g/mol. The van der Waals surface area contributed by atoms with Crippen molar-refractivity contribution in [3.8, 4) is 0 Å². The Bertz CT molecular complexity index is 259. The number of aryl methyl sites for hydroxylation is 2. The zero-order valence-electron chi connectivity index (χ0n) is 7.22. The van der Waals surface area contributed by atoms with Crippen molar-refractivity contribution in [1.82, 2.24) is 0 Å². The summed E-state index contributed by atoms with van der Waals surface area (Å²) in [6.45, 7) is 8.03. The molecule has 0 saturated carbocycles. The SMILES string of the molecule is C=Cc1cc(C)cc(CC)c1. The van der Waals surface area contributed by atoms with E-state index in [9.17, 15) is 0 Å². The van der Waals surface area contributed by atoms with Crippen LogP contribution in [0.1, 0.15) is 23.6 Å². The van der Waals surface area contributed by atoms with E-state index in [0.717, 1.165) is 6.42 Å². The fraction of sp³-hybridized carbons (Fsp3) is 0.273. The predicted molar refractivity (Wildman–Crippen MR) is 50.6 cm³/mol. The van der Waals surface area contributed by atoms with Gasteiger partial charge in [-0.1, -0.05) is 43.3 Å². The van der Waals surface area contributed by atoms with Crippen LogP contribution in [0.15, 0.2) is 24.8 Å². The molecule has 0 saturated heterocycles. The average molecular weight is 146 g/mol. The van der Waals surface area contributed by atoms with Crippen molar-refractivity contribution >= 4 is 6.08 Å². The molecule has 0 aliphatic carbocycles. The molecule has 0 aliphatic rings. The summed E-state index contributed by atoms with van der Waals surface area (Å²) in [7, 11) is 0. The molecule has 0 heteroatoms. The Labute approximate surface area is 68.6 Å². The molecule has 1 rings (SSSR count). The van der Waals surface area contributed by atoms with Gasteiger partial charge in [0.1, 0.15) is 0 Å². The van der Waals surface area contributed by atoms with Crippen LogP contribution in [0.4, 0.5) is 0 Å². The first-order valence-electron chi connectivity index (χ1n) is 3.99. The fourth-order valence-electron chi connectivity index (χ4n) is 1.22. The van der Waals surface area contributed by atoms with Gasteiger partial charge >= 0.3 is 0 Å². The Balaban J connectivity index is 3.11. The Kier molecular flexibility index (Phi) is 2.48. The maximum atomic E-state index is 3.75. The molecule has 0 spiro atoms. The fourth-order valence-corrected chi connectivity index (χ4v) is 1.22. The van der Waals surface area contributed by atoms with E-state index < -0.39 is 0 Å². The number of rotatable bonds is 2. The molecule has 1 aromatic carbocycles. The maximum absolute atomic E-state index is 3.75. The van der Waals surface area contributed by atoms with E-state index in [1.54, 1.807) is 0 Å². The van der Waals surface area contributed by atoms with Crippen LogP contribution in [-0.4, -0.2) is 0 Å². The minimum absolute atomic E-state index is 1.10. The third-order valence-electron chi connectivity index (χ3n) is 1.80. The molecule has 0 nitrogen and oxygen atoms in total. The van der Waals surface area contributed by atoms with E-state index in [2.05, 4.69) is 38.6 Å². The lowest BCUT2D eigenvalue weighted by Gasteiger charge is -2.01. The molecule has 0 amide bonds. The lowest BCUT2D eigenvalue weighted by Crippen LogP contribution is -1.83. The van der Waals surface area contributed by atoms with E-state index >= 15 is 0 Å². The molecular formula is C11H14. The van der Waals surface area contributed by atoms with Gasteiger partial charge in [-0.2, -0.15) is 0 Å². The quantitative estimate of drug-likeness (QED) is 0.601. The van der Waals surface area contributed by atoms with Crippen molar-refractivity contribution in [2.24, 2.45) is 0 Å². The van der Waals surface area contributed by atoms with Gasteiger partial charge in [-0.15, -0.1) is 0 Å². The molecule has 58 valence electrons. The first-order chi connectivity index (χ1) is 5.26. The first kappa shape index (κ1) is 8.06. The van der Waals surface area contributed by atoms with E-state index in [0.29, 0.717) is 0 Å². The average Bonchev–Trinajstić information content (AvgIpc) is 2.03. The minimum atomic E-state index is 1.10. The highest BCUT2D eigenvalue weighted by Crippen LogP contribution is 2.10. The molecule has 0 heterocycles. The van der Waals surface area contributed by atoms with Crippen LogP contribution in [0.3, 0.4) is 0 Å². The molecule has 0 bridgehead atoms. The highest BCUT2D eigenvalue weighted by atomic mass is 14.0. The predicted octanol–water partition coefficient (Wildman–Crippen LogP) is 3.20. The van der Waals surface area contributed by atoms with Crippen LogP contribution in [-0.2, 0) is 6.42 Å². The second-order valence-electron chi connectivity index (χ2n) is 2.81. The van der Waals surface area contributed by atoms with Gasteiger partial charge in [0, 0.05) is 0 Å². The van der Waals surface area contributed by atoms with Crippen molar-refractivity contribution in [3.63, 3.8) is 0 Å². The number of hydrogen-bond acceptors (Lipinski definition) is 0. The molecule has 0 aromatic heterocycles. The van der Waals surface area contributed by atoms with Gasteiger partial charge < -0.3 is 0 Å². The van der Waals surface area contributed by atoms with Crippen LogP contribution in [0, 0.1) is 6.92 Å². The lowest BCUT2D eigenvalue weighted by molar-refractivity contribution is 1.13.